The molecule has 2 aliphatic rings. The van der Waals surface area contributed by atoms with E-state index in [4.69, 9.17) is 32.9 Å². The highest BCUT2D eigenvalue weighted by atomic mass is 35.5. The second-order valence-electron chi connectivity index (χ2n) is 10.5. The third kappa shape index (κ3) is 7.63. The number of aryl methyl sites for hydroxylation is 2. The van der Waals surface area contributed by atoms with Crippen molar-refractivity contribution in [3.63, 3.8) is 0 Å². The van der Waals surface area contributed by atoms with Crippen molar-refractivity contribution in [2.24, 2.45) is 0 Å². The van der Waals surface area contributed by atoms with Gasteiger partial charge in [-0.2, -0.15) is 5.10 Å². The molecule has 0 bridgehead atoms. The Hall–Kier alpha value is -2.47. The number of carboxylic acid groups (broad SMARTS) is 1. The normalized spacial score (nSPS) is 17.1. The van der Waals surface area contributed by atoms with Crippen LogP contribution in [0, 0.1) is 0 Å². The van der Waals surface area contributed by atoms with Crippen LogP contribution in [-0.4, -0.2) is 88.8 Å². The van der Waals surface area contributed by atoms with Crippen LogP contribution < -0.4 is 10.6 Å². The fourth-order valence-electron chi connectivity index (χ4n) is 5.07. The molecule has 1 fully saturated rings. The Bertz CT molecular complexity index is 1170. The Morgan fingerprint density at radius 2 is 2.10 bits per heavy atom. The summed E-state index contributed by atoms with van der Waals surface area (Å²) >= 11 is 12.1. The number of pyridine rings is 1. The maximum absolute atomic E-state index is 13.5. The molecule has 3 N–H and O–H groups in total. The predicted molar refractivity (Wildman–Crippen MR) is 151 cm³/mol. The minimum Gasteiger partial charge on any atom is -0.480 e. The molecule has 0 spiro atoms. The summed E-state index contributed by atoms with van der Waals surface area (Å²) < 4.78 is 20.0. The van der Waals surface area contributed by atoms with E-state index in [1.807, 2.05) is 4.90 Å². The monoisotopic (exact) mass is 598 g/mol. The lowest BCUT2D eigenvalue weighted by Gasteiger charge is -2.27. The third-order valence-corrected chi connectivity index (χ3v) is 8.06. The second-order valence-corrected chi connectivity index (χ2v) is 11.3. The van der Waals surface area contributed by atoms with Crippen molar-refractivity contribution in [1.82, 2.24) is 25.0 Å². The first kappa shape index (κ1) is 30.5. The number of hydrogen-bond acceptors (Lipinski definition) is 7. The molecule has 2 aromatic rings. The lowest BCUT2D eigenvalue weighted by atomic mass is 10.1. The smallest absolute Gasteiger partial charge is 0.326 e. The number of carbonyl (C=O) groups excluding carboxylic acids is 1. The van der Waals surface area contributed by atoms with Gasteiger partial charge in [0.25, 0.3) is 0 Å². The first-order valence-corrected chi connectivity index (χ1v) is 14.5. The van der Waals surface area contributed by atoms with Crippen LogP contribution >= 0.6 is 23.2 Å². The Morgan fingerprint density at radius 3 is 2.75 bits per heavy atom. The minimum atomic E-state index is -1.14. The number of amides is 1. The van der Waals surface area contributed by atoms with Crippen LogP contribution in [0.15, 0.2) is 18.2 Å². The molecule has 0 radical (unpaired) electrons. The molecule has 2 unspecified atom stereocenters. The van der Waals surface area contributed by atoms with E-state index >= 15 is 0 Å². The van der Waals surface area contributed by atoms with Crippen molar-refractivity contribution in [3.05, 3.63) is 39.8 Å². The number of unbranched alkanes of at least 4 members (excludes halogenated alkanes) is 1. The number of alkyl halides is 1. The average Bonchev–Trinajstić information content (AvgIpc) is 3.68. The fraction of sp³-hybridized carbons (Fsp3) is 0.630. The molecular weight excluding hydrogens is 562 g/mol. The van der Waals surface area contributed by atoms with Gasteiger partial charge in [-0.1, -0.05) is 29.3 Å². The summed E-state index contributed by atoms with van der Waals surface area (Å²) in [6.07, 6.45) is 5.17. The van der Waals surface area contributed by atoms with Crippen molar-refractivity contribution in [3.8, 4) is 0 Å². The molecule has 1 saturated carbocycles. The average molecular weight is 600 g/mol. The number of ether oxygens (including phenoxy) is 1. The van der Waals surface area contributed by atoms with E-state index in [0.29, 0.717) is 32.5 Å². The highest BCUT2D eigenvalue weighted by Gasteiger charge is 2.54. The predicted octanol–water partition coefficient (Wildman–Crippen LogP) is 3.70. The molecule has 10 nitrogen and oxygen atoms in total. The zero-order chi connectivity index (χ0) is 28.7. The summed E-state index contributed by atoms with van der Waals surface area (Å²) in [5.41, 5.74) is 1.24. The summed E-state index contributed by atoms with van der Waals surface area (Å²) in [7, 11) is 1.46. The molecule has 0 saturated heterocycles. The number of anilines is 1. The molecular formula is C27H37Cl2FN6O4. The standard InChI is InChI=1S/C27H37Cl2FN6O4/c1-40-20(16-30)17-35(13-3-2-6-19-8-7-18-5-4-12-31-24(18)32-19)14-9-21(25(37)38)33-26(39)27(10-11-27)36-23(29)15-22(28)34-36/h7-8,15,20-21H,2-6,9-14,16-17H2,1H3,(H,31,32)(H,33,39)(H,37,38). The van der Waals surface area contributed by atoms with E-state index in [1.54, 1.807) is 0 Å². The highest BCUT2D eigenvalue weighted by Crippen LogP contribution is 2.45. The number of nitrogens with one attached hydrogen (secondary N) is 2. The molecule has 220 valence electrons. The molecule has 1 aliphatic carbocycles. The number of rotatable bonds is 16. The molecule has 1 aliphatic heterocycles. The van der Waals surface area contributed by atoms with Gasteiger partial charge in [0.2, 0.25) is 5.91 Å². The van der Waals surface area contributed by atoms with Crippen molar-refractivity contribution < 1.29 is 23.8 Å². The van der Waals surface area contributed by atoms with Gasteiger partial charge in [0.1, 0.15) is 29.2 Å². The van der Waals surface area contributed by atoms with Crippen molar-refractivity contribution in [2.45, 2.75) is 69.1 Å². The van der Waals surface area contributed by atoms with Crippen molar-refractivity contribution >= 4 is 40.9 Å². The summed E-state index contributed by atoms with van der Waals surface area (Å²) in [5.74, 6) is -0.628. The van der Waals surface area contributed by atoms with Crippen LogP contribution in [0.3, 0.4) is 0 Å². The van der Waals surface area contributed by atoms with Gasteiger partial charge in [-0.25, -0.2) is 18.9 Å². The number of methoxy groups -OCH3 is 1. The molecule has 2 atom stereocenters. The van der Waals surface area contributed by atoms with Gasteiger partial charge < -0.3 is 25.4 Å². The van der Waals surface area contributed by atoms with Gasteiger partial charge in [-0.3, -0.25) is 4.79 Å². The number of aliphatic carboxylic acids is 1. The van der Waals surface area contributed by atoms with Crippen LogP contribution in [0.2, 0.25) is 10.3 Å². The minimum absolute atomic E-state index is 0.144. The van der Waals surface area contributed by atoms with E-state index in [0.717, 1.165) is 50.2 Å². The summed E-state index contributed by atoms with van der Waals surface area (Å²) in [4.78, 5) is 31.9. The summed E-state index contributed by atoms with van der Waals surface area (Å²) in [6.45, 7) is 1.60. The molecule has 0 aromatic carbocycles. The molecule has 40 heavy (non-hydrogen) atoms. The number of halogens is 3. The van der Waals surface area contributed by atoms with E-state index in [9.17, 15) is 19.1 Å². The van der Waals surface area contributed by atoms with Gasteiger partial charge in [0.05, 0.1) is 6.10 Å². The number of nitrogens with zero attached hydrogens (tertiary/aromatic N) is 4. The van der Waals surface area contributed by atoms with Crippen molar-refractivity contribution in [2.75, 3.05) is 45.3 Å². The van der Waals surface area contributed by atoms with Crippen molar-refractivity contribution in [1.29, 1.82) is 0 Å². The Balaban J connectivity index is 1.31. The van der Waals surface area contributed by atoms with Crippen LogP contribution in [-0.2, 0) is 32.7 Å². The zero-order valence-electron chi connectivity index (χ0n) is 22.7. The quantitative estimate of drug-likeness (QED) is 0.250. The molecule has 4 rings (SSSR count). The largest absolute Gasteiger partial charge is 0.480 e. The Labute approximate surface area is 243 Å². The fourth-order valence-corrected chi connectivity index (χ4v) is 5.60. The second kappa shape index (κ2) is 13.9. The first-order valence-electron chi connectivity index (χ1n) is 13.7. The lowest BCUT2D eigenvalue weighted by molar-refractivity contribution is -0.143. The van der Waals surface area contributed by atoms with Gasteiger partial charge in [-0.05, 0) is 69.5 Å². The van der Waals surface area contributed by atoms with Gasteiger partial charge >= 0.3 is 5.97 Å². The van der Waals surface area contributed by atoms with Gasteiger partial charge in [0.15, 0.2) is 5.15 Å². The zero-order valence-corrected chi connectivity index (χ0v) is 24.2. The third-order valence-electron chi connectivity index (χ3n) is 7.60. The maximum atomic E-state index is 13.5. The number of carboxylic acids is 1. The molecule has 3 heterocycles. The van der Waals surface area contributed by atoms with Crippen LogP contribution in [0.5, 0.6) is 0 Å². The van der Waals surface area contributed by atoms with Gasteiger partial charge in [0, 0.05) is 38.5 Å². The summed E-state index contributed by atoms with van der Waals surface area (Å²) in [6, 6.07) is 4.53. The topological polar surface area (TPSA) is 122 Å². The number of fused-ring (bicyclic) bond motifs is 1. The summed E-state index contributed by atoms with van der Waals surface area (Å²) in [5, 5.41) is 20.3. The van der Waals surface area contributed by atoms with Crippen LogP contribution in [0.4, 0.5) is 10.2 Å². The SMILES string of the molecule is COC(CF)CN(CCCCc1ccc2c(n1)NCCC2)CCC(NC(=O)C1(n2nc(Cl)cc2Cl)CC1)C(=O)O. The number of hydrogen-bond donors (Lipinski definition) is 3. The number of aromatic nitrogens is 3. The van der Waals surface area contributed by atoms with E-state index in [1.165, 1.54) is 23.4 Å². The maximum Gasteiger partial charge on any atom is 0.326 e. The van der Waals surface area contributed by atoms with Crippen LogP contribution in [0.1, 0.15) is 49.8 Å². The lowest BCUT2D eigenvalue weighted by Crippen LogP contribution is -2.49. The molecule has 2 aromatic heterocycles. The first-order chi connectivity index (χ1) is 19.3. The van der Waals surface area contributed by atoms with Crippen LogP contribution in [0.25, 0.3) is 0 Å². The Kier molecular flexibility index (Phi) is 10.6. The van der Waals surface area contributed by atoms with E-state index < -0.39 is 36.2 Å². The molecule has 13 heteroatoms. The highest BCUT2D eigenvalue weighted by molar-refractivity contribution is 6.33. The van der Waals surface area contributed by atoms with E-state index in [2.05, 4.69) is 27.9 Å². The Morgan fingerprint density at radius 1 is 1.30 bits per heavy atom. The number of carbonyl (C=O) groups is 2. The molecule has 1 amide bonds. The van der Waals surface area contributed by atoms with E-state index in [-0.39, 0.29) is 16.7 Å². The van der Waals surface area contributed by atoms with Gasteiger partial charge in [-0.15, -0.1) is 0 Å².